The minimum absolute atomic E-state index is 0.0195. The summed E-state index contributed by atoms with van der Waals surface area (Å²) in [6, 6.07) is 8.33. The molecule has 29 heavy (non-hydrogen) atoms. The van der Waals surface area contributed by atoms with E-state index in [4.69, 9.17) is 11.6 Å². The summed E-state index contributed by atoms with van der Waals surface area (Å²) in [5, 5.41) is 16.7. The molecule has 156 valence electrons. The number of anilines is 2. The highest BCUT2D eigenvalue weighted by Crippen LogP contribution is 2.35. The Morgan fingerprint density at radius 3 is 2.90 bits per heavy atom. The van der Waals surface area contributed by atoms with Gasteiger partial charge in [-0.1, -0.05) is 44.2 Å². The number of aromatic nitrogens is 2. The summed E-state index contributed by atoms with van der Waals surface area (Å²) in [7, 11) is 0. The number of benzene rings is 1. The van der Waals surface area contributed by atoms with Crippen molar-refractivity contribution in [2.75, 3.05) is 17.2 Å². The molecule has 0 spiro atoms. The van der Waals surface area contributed by atoms with Crippen molar-refractivity contribution in [2.45, 2.75) is 51.1 Å². The van der Waals surface area contributed by atoms with E-state index < -0.39 is 5.41 Å². The van der Waals surface area contributed by atoms with Crippen molar-refractivity contribution in [3.05, 3.63) is 24.3 Å². The number of halogens is 1. The number of fused-ring (bicyclic) bond motifs is 1. The first-order chi connectivity index (χ1) is 13.8. The van der Waals surface area contributed by atoms with Gasteiger partial charge in [-0.25, -0.2) is 0 Å². The largest absolute Gasteiger partial charge is 0.356 e. The number of nitrogens with one attached hydrogen (secondary N) is 4. The maximum Gasteiger partial charge on any atom is 0.229 e. The number of carbonyl (C=O) groups is 1. The minimum atomic E-state index is -0.447. The summed E-state index contributed by atoms with van der Waals surface area (Å²) in [5.74, 6) is 0.396. The first-order valence-corrected chi connectivity index (χ1v) is 11.2. The van der Waals surface area contributed by atoms with E-state index in [1.54, 1.807) is 0 Å². The van der Waals surface area contributed by atoms with Gasteiger partial charge in [-0.05, 0) is 25.0 Å². The van der Waals surface area contributed by atoms with Gasteiger partial charge in [0, 0.05) is 41.2 Å². The van der Waals surface area contributed by atoms with Gasteiger partial charge in [0.1, 0.15) is 5.01 Å². The van der Waals surface area contributed by atoms with E-state index in [1.807, 2.05) is 45.0 Å². The molecule has 2 fully saturated rings. The van der Waals surface area contributed by atoms with Gasteiger partial charge in [0.05, 0.1) is 5.38 Å². The standard InChI is InChI=1S/C20H27ClN6OS/c1-20(2,3)18(28)23-12-6-4-5-11(9-12)17-26-27-19(29-17)24-15-8-7-14-13(16(15)21)10-22-25-14/h4-6,9,13-16,22,25H,7-8,10H2,1-3H3,(H,23,28)(H,24,27). The maximum atomic E-state index is 12.2. The molecule has 4 unspecified atom stereocenters. The summed E-state index contributed by atoms with van der Waals surface area (Å²) in [5.41, 5.74) is 7.76. The first-order valence-electron chi connectivity index (χ1n) is 9.95. The van der Waals surface area contributed by atoms with Gasteiger partial charge in [-0.3, -0.25) is 15.6 Å². The van der Waals surface area contributed by atoms with Crippen LogP contribution in [0.3, 0.4) is 0 Å². The second kappa shape index (κ2) is 8.18. The highest BCUT2D eigenvalue weighted by molar-refractivity contribution is 7.18. The Kier molecular flexibility index (Phi) is 5.79. The monoisotopic (exact) mass is 434 g/mol. The van der Waals surface area contributed by atoms with E-state index in [0.717, 1.165) is 40.8 Å². The van der Waals surface area contributed by atoms with Crippen LogP contribution in [-0.4, -0.2) is 40.1 Å². The molecule has 1 amide bonds. The summed E-state index contributed by atoms with van der Waals surface area (Å²) >= 11 is 8.24. The lowest BCUT2D eigenvalue weighted by Crippen LogP contribution is -2.47. The van der Waals surface area contributed by atoms with Crippen molar-refractivity contribution in [1.29, 1.82) is 0 Å². The average Bonchev–Trinajstić information content (AvgIpc) is 3.33. The highest BCUT2D eigenvalue weighted by atomic mass is 35.5. The first kappa shape index (κ1) is 20.5. The molecule has 2 aliphatic rings. The number of hydrazine groups is 1. The van der Waals surface area contributed by atoms with Gasteiger partial charge in [-0.15, -0.1) is 21.8 Å². The fourth-order valence-corrected chi connectivity index (χ4v) is 5.01. The van der Waals surface area contributed by atoms with Gasteiger partial charge < -0.3 is 10.6 Å². The number of nitrogens with zero attached hydrogens (tertiary/aromatic N) is 2. The zero-order valence-electron chi connectivity index (χ0n) is 16.8. The van der Waals surface area contributed by atoms with Crippen LogP contribution in [0.1, 0.15) is 33.6 Å². The fourth-order valence-electron chi connectivity index (χ4n) is 3.75. The van der Waals surface area contributed by atoms with Gasteiger partial charge in [0.25, 0.3) is 0 Å². The summed E-state index contributed by atoms with van der Waals surface area (Å²) in [4.78, 5) is 12.2. The van der Waals surface area contributed by atoms with Crippen molar-refractivity contribution < 1.29 is 4.79 Å². The van der Waals surface area contributed by atoms with Crippen LogP contribution < -0.4 is 21.5 Å². The third-order valence-electron chi connectivity index (χ3n) is 5.51. The number of amides is 1. The van der Waals surface area contributed by atoms with Gasteiger partial charge in [0.15, 0.2) is 0 Å². The molecule has 2 heterocycles. The Hall–Kier alpha value is -1.74. The molecule has 4 N–H and O–H groups in total. The molecular formula is C20H27ClN6OS. The van der Waals surface area contributed by atoms with Crippen LogP contribution in [0, 0.1) is 11.3 Å². The second-order valence-electron chi connectivity index (χ2n) is 8.77. The zero-order chi connectivity index (χ0) is 20.6. The summed E-state index contributed by atoms with van der Waals surface area (Å²) in [6.07, 6.45) is 2.08. The molecule has 2 aromatic rings. The van der Waals surface area contributed by atoms with Gasteiger partial charge >= 0.3 is 0 Å². The lowest BCUT2D eigenvalue weighted by atomic mass is 9.82. The topological polar surface area (TPSA) is 91.0 Å². The predicted octanol–water partition coefficient (Wildman–Crippen LogP) is 3.46. The highest BCUT2D eigenvalue weighted by Gasteiger charge is 2.41. The second-order valence-corrected chi connectivity index (χ2v) is 10.2. The van der Waals surface area contributed by atoms with Crippen LogP contribution in [0.4, 0.5) is 10.8 Å². The van der Waals surface area contributed by atoms with Crippen molar-refractivity contribution in [3.63, 3.8) is 0 Å². The molecule has 1 aromatic carbocycles. The molecule has 0 bridgehead atoms. The fraction of sp³-hybridized carbons (Fsp3) is 0.550. The van der Waals surface area contributed by atoms with Crippen LogP contribution in [-0.2, 0) is 4.79 Å². The Morgan fingerprint density at radius 1 is 1.28 bits per heavy atom. The van der Waals surface area contributed by atoms with Crippen LogP contribution in [0.25, 0.3) is 10.6 Å². The molecule has 1 aliphatic carbocycles. The molecular weight excluding hydrogens is 408 g/mol. The van der Waals surface area contributed by atoms with Crippen LogP contribution in [0.5, 0.6) is 0 Å². The average molecular weight is 435 g/mol. The SMILES string of the molecule is CC(C)(C)C(=O)Nc1cccc(-c2nnc(NC3CCC4NNCC4C3Cl)s2)c1. The number of hydrogen-bond donors (Lipinski definition) is 4. The molecule has 7 nitrogen and oxygen atoms in total. The third-order valence-corrected chi connectivity index (χ3v) is 7.04. The number of alkyl halides is 1. The normalized spacial score (nSPS) is 26.8. The smallest absolute Gasteiger partial charge is 0.229 e. The molecule has 4 rings (SSSR count). The van der Waals surface area contributed by atoms with Crippen LogP contribution in [0.15, 0.2) is 24.3 Å². The van der Waals surface area contributed by atoms with E-state index >= 15 is 0 Å². The summed E-state index contributed by atoms with van der Waals surface area (Å²) < 4.78 is 0. The minimum Gasteiger partial charge on any atom is -0.356 e. The van der Waals surface area contributed by atoms with E-state index in [9.17, 15) is 4.79 Å². The van der Waals surface area contributed by atoms with E-state index in [2.05, 4.69) is 31.7 Å². The van der Waals surface area contributed by atoms with Gasteiger partial charge in [0.2, 0.25) is 11.0 Å². The molecule has 4 atom stereocenters. The molecule has 1 aromatic heterocycles. The van der Waals surface area contributed by atoms with Crippen molar-refractivity contribution in [2.24, 2.45) is 11.3 Å². The summed E-state index contributed by atoms with van der Waals surface area (Å²) in [6.45, 7) is 6.57. The van der Waals surface area contributed by atoms with Crippen molar-refractivity contribution in [3.8, 4) is 10.6 Å². The number of carbonyl (C=O) groups excluding carboxylic acids is 1. The lowest BCUT2D eigenvalue weighted by molar-refractivity contribution is -0.123. The number of rotatable bonds is 4. The Morgan fingerprint density at radius 2 is 2.10 bits per heavy atom. The van der Waals surface area contributed by atoms with Crippen molar-refractivity contribution >= 4 is 39.7 Å². The van der Waals surface area contributed by atoms with Crippen molar-refractivity contribution in [1.82, 2.24) is 21.0 Å². The van der Waals surface area contributed by atoms with Gasteiger partial charge in [-0.2, -0.15) is 0 Å². The zero-order valence-corrected chi connectivity index (χ0v) is 18.4. The quantitative estimate of drug-likeness (QED) is 0.551. The number of hydrogen-bond acceptors (Lipinski definition) is 7. The molecule has 0 radical (unpaired) electrons. The predicted molar refractivity (Wildman–Crippen MR) is 118 cm³/mol. The lowest BCUT2D eigenvalue weighted by Gasteiger charge is -2.35. The Bertz CT molecular complexity index is 882. The molecule has 1 saturated heterocycles. The molecule has 1 saturated carbocycles. The van der Waals surface area contributed by atoms with E-state index in [1.165, 1.54) is 11.3 Å². The van der Waals surface area contributed by atoms with Crippen LogP contribution in [0.2, 0.25) is 0 Å². The van der Waals surface area contributed by atoms with E-state index in [0.29, 0.717) is 12.0 Å². The molecule has 1 aliphatic heterocycles. The molecule has 9 heteroatoms. The Labute approximate surface area is 180 Å². The third kappa shape index (κ3) is 4.55. The van der Waals surface area contributed by atoms with E-state index in [-0.39, 0.29) is 17.3 Å². The van der Waals surface area contributed by atoms with Crippen LogP contribution >= 0.6 is 22.9 Å². The Balaban J connectivity index is 1.44. The maximum absolute atomic E-state index is 12.2.